The van der Waals surface area contributed by atoms with E-state index in [9.17, 15) is 18.4 Å². The van der Waals surface area contributed by atoms with Gasteiger partial charge in [0.1, 0.15) is 12.4 Å². The number of rotatable bonds is 6. The molecule has 2 aliphatic rings. The van der Waals surface area contributed by atoms with E-state index >= 15 is 0 Å². The molecular formula is C22H20F2N2O4. The van der Waals surface area contributed by atoms with Crippen LogP contribution < -0.4 is 10.1 Å². The summed E-state index contributed by atoms with van der Waals surface area (Å²) in [4.78, 5) is 27.1. The first-order valence-electron chi connectivity index (χ1n) is 9.53. The summed E-state index contributed by atoms with van der Waals surface area (Å²) >= 11 is 0. The molecule has 1 unspecified atom stereocenters. The summed E-state index contributed by atoms with van der Waals surface area (Å²) in [6.45, 7) is -0.250. The fraction of sp³-hybridized carbons (Fsp3) is 0.273. The highest BCUT2D eigenvalue weighted by molar-refractivity contribution is 5.95. The highest BCUT2D eigenvalue weighted by Gasteiger charge is 2.44. The summed E-state index contributed by atoms with van der Waals surface area (Å²) in [6, 6.07) is 10.8. The van der Waals surface area contributed by atoms with Crippen LogP contribution in [0, 0.1) is 11.6 Å². The van der Waals surface area contributed by atoms with Gasteiger partial charge in [-0.1, -0.05) is 30.3 Å². The molecule has 1 saturated carbocycles. The Morgan fingerprint density at radius 2 is 1.90 bits per heavy atom. The summed E-state index contributed by atoms with van der Waals surface area (Å²) in [5.74, 6) is -2.39. The van der Waals surface area contributed by atoms with Crippen LogP contribution in [0.1, 0.15) is 24.4 Å². The SMILES string of the molecule is COC(=O)C1=C(COc2ccc(F)cc2F)N(C2CC2)C(=O)NC1c1ccccc1. The average Bonchev–Trinajstić information content (AvgIpc) is 3.57. The van der Waals surface area contributed by atoms with Gasteiger partial charge in [-0.25, -0.2) is 18.4 Å². The van der Waals surface area contributed by atoms with E-state index in [1.165, 1.54) is 18.1 Å². The van der Waals surface area contributed by atoms with Crippen molar-refractivity contribution in [2.45, 2.75) is 24.9 Å². The quantitative estimate of drug-likeness (QED) is 0.732. The lowest BCUT2D eigenvalue weighted by atomic mass is 9.94. The summed E-state index contributed by atoms with van der Waals surface area (Å²) in [5, 5.41) is 2.87. The van der Waals surface area contributed by atoms with Crippen molar-refractivity contribution in [3.8, 4) is 5.75 Å². The first-order chi connectivity index (χ1) is 14.5. The lowest BCUT2D eigenvalue weighted by molar-refractivity contribution is -0.136. The van der Waals surface area contributed by atoms with E-state index in [0.717, 1.165) is 18.9 Å². The second kappa shape index (κ2) is 8.14. The summed E-state index contributed by atoms with van der Waals surface area (Å²) in [7, 11) is 1.26. The van der Waals surface area contributed by atoms with E-state index < -0.39 is 23.6 Å². The lowest BCUT2D eigenvalue weighted by Gasteiger charge is -2.36. The van der Waals surface area contributed by atoms with Crippen LogP contribution in [0.4, 0.5) is 13.6 Å². The number of nitrogens with zero attached hydrogens (tertiary/aromatic N) is 1. The monoisotopic (exact) mass is 414 g/mol. The molecule has 30 heavy (non-hydrogen) atoms. The predicted molar refractivity (Wildman–Crippen MR) is 103 cm³/mol. The Kier molecular flexibility index (Phi) is 5.39. The number of carbonyl (C=O) groups excluding carboxylic acids is 2. The number of nitrogens with one attached hydrogen (secondary N) is 1. The third-order valence-corrected chi connectivity index (χ3v) is 5.09. The van der Waals surface area contributed by atoms with E-state index in [1.807, 2.05) is 6.07 Å². The molecule has 2 aromatic rings. The molecule has 1 heterocycles. The molecule has 1 fully saturated rings. The van der Waals surface area contributed by atoms with Gasteiger partial charge in [0.25, 0.3) is 0 Å². The Balaban J connectivity index is 1.76. The number of hydrogen-bond acceptors (Lipinski definition) is 4. The summed E-state index contributed by atoms with van der Waals surface area (Å²) < 4.78 is 37.8. The maximum absolute atomic E-state index is 14.0. The van der Waals surface area contributed by atoms with Crippen LogP contribution in [0.15, 0.2) is 59.8 Å². The van der Waals surface area contributed by atoms with Crippen LogP contribution in [-0.2, 0) is 9.53 Å². The van der Waals surface area contributed by atoms with E-state index in [4.69, 9.17) is 9.47 Å². The van der Waals surface area contributed by atoms with E-state index in [2.05, 4.69) is 5.32 Å². The molecular weight excluding hydrogens is 394 g/mol. The van der Waals surface area contributed by atoms with E-state index in [1.54, 1.807) is 24.3 Å². The number of hydrogen-bond donors (Lipinski definition) is 1. The zero-order valence-electron chi connectivity index (χ0n) is 16.2. The Bertz CT molecular complexity index is 1010. The smallest absolute Gasteiger partial charge is 0.338 e. The van der Waals surface area contributed by atoms with Crippen LogP contribution in [0.3, 0.4) is 0 Å². The number of benzene rings is 2. The zero-order chi connectivity index (χ0) is 21.3. The van der Waals surface area contributed by atoms with Gasteiger partial charge in [-0.15, -0.1) is 0 Å². The molecule has 6 nitrogen and oxygen atoms in total. The number of halogens is 2. The van der Waals surface area contributed by atoms with Crippen molar-refractivity contribution in [3.05, 3.63) is 77.0 Å². The number of urea groups is 1. The second-order valence-corrected chi connectivity index (χ2v) is 7.11. The molecule has 4 rings (SSSR count). The van der Waals surface area contributed by atoms with Gasteiger partial charge in [-0.3, -0.25) is 4.90 Å². The molecule has 0 aromatic heterocycles. The number of esters is 1. The topological polar surface area (TPSA) is 67.9 Å². The van der Waals surface area contributed by atoms with Crippen molar-refractivity contribution in [1.82, 2.24) is 10.2 Å². The molecule has 8 heteroatoms. The van der Waals surface area contributed by atoms with Crippen LogP contribution >= 0.6 is 0 Å². The second-order valence-electron chi connectivity index (χ2n) is 7.11. The van der Waals surface area contributed by atoms with Crippen molar-refractivity contribution in [2.75, 3.05) is 13.7 Å². The maximum atomic E-state index is 14.0. The molecule has 2 amide bonds. The minimum Gasteiger partial charge on any atom is -0.484 e. The molecule has 1 N–H and O–H groups in total. The number of amides is 2. The van der Waals surface area contributed by atoms with Crippen LogP contribution in [0.5, 0.6) is 5.75 Å². The Morgan fingerprint density at radius 1 is 1.17 bits per heavy atom. The zero-order valence-corrected chi connectivity index (χ0v) is 16.2. The van der Waals surface area contributed by atoms with Gasteiger partial charge in [-0.05, 0) is 30.5 Å². The average molecular weight is 414 g/mol. The molecule has 0 radical (unpaired) electrons. The van der Waals surface area contributed by atoms with Gasteiger partial charge < -0.3 is 14.8 Å². The Labute approximate surface area is 172 Å². The van der Waals surface area contributed by atoms with Crippen molar-refractivity contribution in [3.63, 3.8) is 0 Å². The largest absolute Gasteiger partial charge is 0.484 e. The highest BCUT2D eigenvalue weighted by Crippen LogP contribution is 2.38. The normalized spacial score (nSPS) is 18.8. The van der Waals surface area contributed by atoms with Crippen molar-refractivity contribution < 1.29 is 27.8 Å². The molecule has 0 saturated heterocycles. The maximum Gasteiger partial charge on any atom is 0.338 e. The third-order valence-electron chi connectivity index (χ3n) is 5.09. The van der Waals surface area contributed by atoms with Gasteiger partial charge in [0.2, 0.25) is 0 Å². The Morgan fingerprint density at radius 3 is 2.53 bits per heavy atom. The molecule has 0 spiro atoms. The van der Waals surface area contributed by atoms with Crippen LogP contribution in [-0.4, -0.2) is 36.7 Å². The fourth-order valence-electron chi connectivity index (χ4n) is 3.53. The highest BCUT2D eigenvalue weighted by atomic mass is 19.1. The first-order valence-corrected chi connectivity index (χ1v) is 9.53. The van der Waals surface area contributed by atoms with Gasteiger partial charge in [-0.2, -0.15) is 0 Å². The van der Waals surface area contributed by atoms with Gasteiger partial charge in [0, 0.05) is 12.1 Å². The van der Waals surface area contributed by atoms with Gasteiger partial charge in [0.05, 0.1) is 24.4 Å². The van der Waals surface area contributed by atoms with E-state index in [0.29, 0.717) is 17.3 Å². The lowest BCUT2D eigenvalue weighted by Crippen LogP contribution is -2.50. The first kappa shape index (κ1) is 19.9. The van der Waals surface area contributed by atoms with Gasteiger partial charge in [0.15, 0.2) is 11.6 Å². The van der Waals surface area contributed by atoms with Crippen molar-refractivity contribution in [1.29, 1.82) is 0 Å². The number of carbonyl (C=O) groups is 2. The van der Waals surface area contributed by atoms with Crippen molar-refractivity contribution >= 4 is 12.0 Å². The van der Waals surface area contributed by atoms with E-state index in [-0.39, 0.29) is 30.0 Å². The fourth-order valence-corrected chi connectivity index (χ4v) is 3.53. The molecule has 0 bridgehead atoms. The predicted octanol–water partition coefficient (Wildman–Crippen LogP) is 3.70. The standard InChI is InChI=1S/C22H20F2N2O4/c1-29-21(27)19-17(12-30-18-10-7-14(23)11-16(18)24)26(15-8-9-15)22(28)25-20(19)13-5-3-2-4-6-13/h2-7,10-11,15,20H,8-9,12H2,1H3,(H,25,28). The minimum absolute atomic E-state index is 0.0713. The minimum atomic E-state index is -0.868. The third kappa shape index (κ3) is 3.85. The molecule has 1 aliphatic heterocycles. The molecule has 1 aliphatic carbocycles. The van der Waals surface area contributed by atoms with Gasteiger partial charge >= 0.3 is 12.0 Å². The number of methoxy groups -OCH3 is 1. The molecule has 156 valence electrons. The van der Waals surface area contributed by atoms with Crippen molar-refractivity contribution in [2.24, 2.45) is 0 Å². The number of ether oxygens (including phenoxy) is 2. The molecule has 2 aromatic carbocycles. The van der Waals surface area contributed by atoms with Crippen LogP contribution in [0.2, 0.25) is 0 Å². The molecule has 1 atom stereocenters. The summed E-state index contributed by atoms with van der Waals surface area (Å²) in [5.41, 5.74) is 1.23. The van der Waals surface area contributed by atoms with Crippen LogP contribution in [0.25, 0.3) is 0 Å². The Hall–Kier alpha value is -3.42. The summed E-state index contributed by atoms with van der Waals surface area (Å²) in [6.07, 6.45) is 1.57.